The lowest BCUT2D eigenvalue weighted by Gasteiger charge is -2.26. The van der Waals surface area contributed by atoms with Crippen molar-refractivity contribution >= 4 is 15.9 Å². The lowest BCUT2D eigenvalue weighted by atomic mass is 10.3. The van der Waals surface area contributed by atoms with Crippen LogP contribution in [0.25, 0.3) is 0 Å². The average Bonchev–Trinajstić information content (AvgIpc) is 3.26. The zero-order chi connectivity index (χ0) is 15.5. The predicted molar refractivity (Wildman–Crippen MR) is 82.0 cm³/mol. The standard InChI is InChI=1S/C14H22FN3O2S/c1-17(10-4-9-16-13-7-8-13)21(19,20)18(2)14-6-3-5-12(15)11-14/h3,5-6,11,13,16H,4,7-10H2,1-2H3. The van der Waals surface area contributed by atoms with Gasteiger partial charge >= 0.3 is 10.2 Å². The normalized spacial score (nSPS) is 15.4. The first-order valence-corrected chi connectivity index (χ1v) is 8.50. The first-order valence-electron chi connectivity index (χ1n) is 7.10. The van der Waals surface area contributed by atoms with Gasteiger partial charge in [0, 0.05) is 26.7 Å². The van der Waals surface area contributed by atoms with Gasteiger partial charge in [0.2, 0.25) is 0 Å². The van der Waals surface area contributed by atoms with E-state index < -0.39 is 16.0 Å². The van der Waals surface area contributed by atoms with Gasteiger partial charge in [-0.1, -0.05) is 6.07 Å². The van der Waals surface area contributed by atoms with Crippen molar-refractivity contribution in [2.75, 3.05) is 31.5 Å². The molecule has 21 heavy (non-hydrogen) atoms. The van der Waals surface area contributed by atoms with Gasteiger partial charge in [0.1, 0.15) is 5.82 Å². The predicted octanol–water partition coefficient (Wildman–Crippen LogP) is 1.58. The number of halogens is 1. The summed E-state index contributed by atoms with van der Waals surface area (Å²) >= 11 is 0. The second-order valence-corrected chi connectivity index (χ2v) is 7.43. The van der Waals surface area contributed by atoms with E-state index >= 15 is 0 Å². The lowest BCUT2D eigenvalue weighted by molar-refractivity contribution is 0.452. The van der Waals surface area contributed by atoms with Crippen LogP contribution in [0.4, 0.5) is 10.1 Å². The highest BCUT2D eigenvalue weighted by molar-refractivity contribution is 7.90. The maximum Gasteiger partial charge on any atom is 0.303 e. The summed E-state index contributed by atoms with van der Waals surface area (Å²) in [6, 6.07) is 6.19. The van der Waals surface area contributed by atoms with Crippen molar-refractivity contribution in [2.24, 2.45) is 0 Å². The fourth-order valence-corrected chi connectivity index (χ4v) is 3.18. The Morgan fingerprint density at radius 2 is 2.05 bits per heavy atom. The van der Waals surface area contributed by atoms with E-state index in [-0.39, 0.29) is 0 Å². The summed E-state index contributed by atoms with van der Waals surface area (Å²) in [5.41, 5.74) is 0.318. The quantitative estimate of drug-likeness (QED) is 0.741. The van der Waals surface area contributed by atoms with Crippen LogP contribution in [0.1, 0.15) is 19.3 Å². The van der Waals surface area contributed by atoms with Crippen LogP contribution in [-0.4, -0.2) is 45.9 Å². The first-order chi connectivity index (χ1) is 9.91. The van der Waals surface area contributed by atoms with Crippen molar-refractivity contribution < 1.29 is 12.8 Å². The van der Waals surface area contributed by atoms with E-state index in [9.17, 15) is 12.8 Å². The SMILES string of the molecule is CN(CCCNC1CC1)S(=O)(=O)N(C)c1cccc(F)c1. The molecule has 1 aliphatic carbocycles. The maximum absolute atomic E-state index is 13.2. The van der Waals surface area contributed by atoms with Gasteiger partial charge in [-0.25, -0.2) is 4.39 Å². The minimum absolute atomic E-state index is 0.318. The van der Waals surface area contributed by atoms with Gasteiger partial charge in [-0.15, -0.1) is 0 Å². The van der Waals surface area contributed by atoms with Crippen LogP contribution in [0.3, 0.4) is 0 Å². The zero-order valence-electron chi connectivity index (χ0n) is 12.4. The molecule has 1 fully saturated rings. The number of hydrogen-bond donors (Lipinski definition) is 1. The number of rotatable bonds is 8. The molecule has 7 heteroatoms. The smallest absolute Gasteiger partial charge is 0.303 e. The van der Waals surface area contributed by atoms with Gasteiger partial charge < -0.3 is 5.32 Å². The molecule has 1 aromatic rings. The molecule has 0 aliphatic heterocycles. The molecular weight excluding hydrogens is 293 g/mol. The third-order valence-electron chi connectivity index (χ3n) is 3.57. The highest BCUT2D eigenvalue weighted by Crippen LogP contribution is 2.20. The molecule has 0 unspecified atom stereocenters. The van der Waals surface area contributed by atoms with E-state index in [1.807, 2.05) is 0 Å². The highest BCUT2D eigenvalue weighted by Gasteiger charge is 2.24. The Hall–Kier alpha value is -1.18. The van der Waals surface area contributed by atoms with Gasteiger partial charge in [-0.2, -0.15) is 12.7 Å². The number of nitrogens with one attached hydrogen (secondary N) is 1. The molecule has 0 aromatic heterocycles. The van der Waals surface area contributed by atoms with Crippen LogP contribution < -0.4 is 9.62 Å². The molecule has 0 spiro atoms. The molecule has 5 nitrogen and oxygen atoms in total. The Kier molecular flexibility index (Phi) is 5.18. The van der Waals surface area contributed by atoms with Crippen molar-refractivity contribution in [1.82, 2.24) is 9.62 Å². The molecule has 0 atom stereocenters. The molecule has 118 valence electrons. The fourth-order valence-electron chi connectivity index (χ4n) is 2.03. The summed E-state index contributed by atoms with van der Waals surface area (Å²) in [4.78, 5) is 0. The largest absolute Gasteiger partial charge is 0.314 e. The summed E-state index contributed by atoms with van der Waals surface area (Å²) < 4.78 is 40.4. The van der Waals surface area contributed by atoms with Crippen molar-refractivity contribution in [3.8, 4) is 0 Å². The summed E-state index contributed by atoms with van der Waals surface area (Å²) in [5, 5.41) is 3.35. The number of nitrogens with zero attached hydrogens (tertiary/aromatic N) is 2. The molecule has 1 N–H and O–H groups in total. The number of benzene rings is 1. The Balaban J connectivity index is 1.91. The zero-order valence-corrected chi connectivity index (χ0v) is 13.2. The third kappa shape index (κ3) is 4.39. The second kappa shape index (κ2) is 6.72. The van der Waals surface area contributed by atoms with Gasteiger partial charge in [0.25, 0.3) is 0 Å². The molecule has 1 aromatic carbocycles. The molecule has 0 radical (unpaired) electrons. The van der Waals surface area contributed by atoms with E-state index in [2.05, 4.69) is 5.32 Å². The van der Waals surface area contributed by atoms with Crippen LogP contribution in [-0.2, 0) is 10.2 Å². The Bertz CT molecular complexity index is 575. The van der Waals surface area contributed by atoms with Crippen molar-refractivity contribution in [2.45, 2.75) is 25.3 Å². The van der Waals surface area contributed by atoms with Crippen LogP contribution in [0.15, 0.2) is 24.3 Å². The summed E-state index contributed by atoms with van der Waals surface area (Å²) in [6.07, 6.45) is 3.19. The highest BCUT2D eigenvalue weighted by atomic mass is 32.2. The molecule has 0 saturated heterocycles. The van der Waals surface area contributed by atoms with Crippen molar-refractivity contribution in [3.05, 3.63) is 30.1 Å². The maximum atomic E-state index is 13.2. The lowest BCUT2D eigenvalue weighted by Crippen LogP contribution is -2.40. The monoisotopic (exact) mass is 315 g/mol. The average molecular weight is 315 g/mol. The van der Waals surface area contributed by atoms with E-state index in [1.54, 1.807) is 13.1 Å². The van der Waals surface area contributed by atoms with E-state index in [0.29, 0.717) is 18.3 Å². The van der Waals surface area contributed by atoms with Crippen LogP contribution in [0, 0.1) is 5.82 Å². The third-order valence-corrected chi connectivity index (χ3v) is 5.45. The molecule has 1 aliphatic rings. The number of anilines is 1. The van der Waals surface area contributed by atoms with Gasteiger partial charge in [0.15, 0.2) is 0 Å². The van der Waals surface area contributed by atoms with E-state index in [1.165, 1.54) is 42.4 Å². The van der Waals surface area contributed by atoms with Crippen LogP contribution in [0.5, 0.6) is 0 Å². The molecular formula is C14H22FN3O2S. The molecule has 1 saturated carbocycles. The van der Waals surface area contributed by atoms with Gasteiger partial charge in [-0.3, -0.25) is 4.31 Å². The summed E-state index contributed by atoms with van der Waals surface area (Å²) in [7, 11) is -0.644. The second-order valence-electron chi connectivity index (χ2n) is 5.36. The Morgan fingerprint density at radius 1 is 1.33 bits per heavy atom. The fraction of sp³-hybridized carbons (Fsp3) is 0.571. The number of hydrogen-bond acceptors (Lipinski definition) is 3. The van der Waals surface area contributed by atoms with E-state index in [4.69, 9.17) is 0 Å². The van der Waals surface area contributed by atoms with Gasteiger partial charge in [-0.05, 0) is 44.0 Å². The Morgan fingerprint density at radius 3 is 2.67 bits per heavy atom. The topological polar surface area (TPSA) is 52.7 Å². The van der Waals surface area contributed by atoms with Crippen molar-refractivity contribution in [1.29, 1.82) is 0 Å². The molecule has 0 amide bonds. The van der Waals surface area contributed by atoms with Crippen molar-refractivity contribution in [3.63, 3.8) is 0 Å². The van der Waals surface area contributed by atoms with Crippen LogP contribution in [0.2, 0.25) is 0 Å². The van der Waals surface area contributed by atoms with Crippen LogP contribution >= 0.6 is 0 Å². The summed E-state index contributed by atoms with van der Waals surface area (Å²) in [5.74, 6) is -0.453. The minimum atomic E-state index is -3.62. The van der Waals surface area contributed by atoms with E-state index in [0.717, 1.165) is 17.3 Å². The molecule has 2 rings (SSSR count). The molecule has 0 bridgehead atoms. The Labute approximate surface area is 125 Å². The molecule has 0 heterocycles. The minimum Gasteiger partial charge on any atom is -0.314 e. The first kappa shape index (κ1) is 16.2. The van der Waals surface area contributed by atoms with Gasteiger partial charge in [0.05, 0.1) is 5.69 Å². The summed E-state index contributed by atoms with van der Waals surface area (Å²) in [6.45, 7) is 1.25.